The van der Waals surface area contributed by atoms with Crippen LogP contribution in [-0.2, 0) is 7.05 Å². The number of carbonyl (C=O) groups is 1. The largest absolute Gasteiger partial charge is 0.396 e. The van der Waals surface area contributed by atoms with Crippen LogP contribution in [0.2, 0.25) is 0 Å². The van der Waals surface area contributed by atoms with Crippen molar-refractivity contribution in [3.63, 3.8) is 0 Å². The summed E-state index contributed by atoms with van der Waals surface area (Å²) in [5.74, 6) is -0.166. The van der Waals surface area contributed by atoms with E-state index in [-0.39, 0.29) is 24.2 Å². The van der Waals surface area contributed by atoms with Gasteiger partial charge in [0, 0.05) is 32.3 Å². The van der Waals surface area contributed by atoms with Crippen LogP contribution in [0.25, 0.3) is 0 Å². The maximum absolute atomic E-state index is 12.5. The predicted octanol–water partition coefficient (Wildman–Crippen LogP) is 1.31. The van der Waals surface area contributed by atoms with Crippen LogP contribution in [0, 0.1) is 10.1 Å². The lowest BCUT2D eigenvalue weighted by Crippen LogP contribution is -2.36. The van der Waals surface area contributed by atoms with Crippen molar-refractivity contribution in [3.05, 3.63) is 28.1 Å². The van der Waals surface area contributed by atoms with Crippen molar-refractivity contribution in [2.24, 2.45) is 7.05 Å². The molecule has 2 rings (SSSR count). The third kappa shape index (κ3) is 2.82. The van der Waals surface area contributed by atoms with Gasteiger partial charge in [0.15, 0.2) is 0 Å². The monoisotopic (exact) mass is 281 g/mol. The third-order valence-corrected chi connectivity index (χ3v) is 3.75. The highest BCUT2D eigenvalue weighted by molar-refractivity contribution is 5.94. The summed E-state index contributed by atoms with van der Waals surface area (Å²) in [6, 6.07) is 1.45. The molecule has 2 heterocycles. The van der Waals surface area contributed by atoms with Crippen LogP contribution in [0.4, 0.5) is 5.69 Å². The highest BCUT2D eigenvalue weighted by atomic mass is 16.6. The van der Waals surface area contributed by atoms with Crippen LogP contribution in [0.15, 0.2) is 12.3 Å². The first-order valence-corrected chi connectivity index (χ1v) is 6.77. The Bertz CT molecular complexity index is 512. The summed E-state index contributed by atoms with van der Waals surface area (Å²) < 4.78 is 1.50. The van der Waals surface area contributed by atoms with E-state index in [1.807, 2.05) is 0 Å². The maximum atomic E-state index is 12.5. The summed E-state index contributed by atoms with van der Waals surface area (Å²) in [5, 5.41) is 19.7. The summed E-state index contributed by atoms with van der Waals surface area (Å²) in [6.07, 6.45) is 4.66. The lowest BCUT2D eigenvalue weighted by atomic mass is 10.1. The average Bonchev–Trinajstić information content (AvgIpc) is 3.02. The van der Waals surface area contributed by atoms with Crippen molar-refractivity contribution in [2.75, 3.05) is 13.2 Å². The highest BCUT2D eigenvalue weighted by Crippen LogP contribution is 2.25. The number of nitrogens with zero attached hydrogens (tertiary/aromatic N) is 3. The molecule has 1 N–H and O–H groups in total. The molecule has 7 heteroatoms. The first-order valence-electron chi connectivity index (χ1n) is 6.77. The number of rotatable bonds is 5. The standard InChI is InChI=1S/C13H19N3O4/c1-14-9-11(16(19)20)8-12(14)13(18)15-6-2-4-10(15)5-3-7-17/h8-10,17H,2-7H2,1H3. The van der Waals surface area contributed by atoms with Crippen LogP contribution in [0.3, 0.4) is 0 Å². The SMILES string of the molecule is Cn1cc([N+](=O)[O-])cc1C(=O)N1CCCC1CCCO. The Morgan fingerprint density at radius 3 is 2.95 bits per heavy atom. The van der Waals surface area contributed by atoms with Gasteiger partial charge in [-0.3, -0.25) is 14.9 Å². The zero-order valence-corrected chi connectivity index (χ0v) is 11.5. The average molecular weight is 281 g/mol. The molecule has 1 aliphatic rings. The van der Waals surface area contributed by atoms with Crippen LogP contribution in [-0.4, -0.2) is 44.6 Å². The number of hydrogen-bond acceptors (Lipinski definition) is 4. The van der Waals surface area contributed by atoms with Crippen molar-refractivity contribution < 1.29 is 14.8 Å². The van der Waals surface area contributed by atoms with Gasteiger partial charge in [-0.1, -0.05) is 0 Å². The molecule has 1 saturated heterocycles. The van der Waals surface area contributed by atoms with Crippen LogP contribution < -0.4 is 0 Å². The number of carbonyl (C=O) groups excluding carboxylic acids is 1. The number of hydrogen-bond donors (Lipinski definition) is 1. The summed E-state index contributed by atoms with van der Waals surface area (Å²) >= 11 is 0. The Morgan fingerprint density at radius 2 is 2.35 bits per heavy atom. The molecule has 0 saturated carbocycles. The lowest BCUT2D eigenvalue weighted by Gasteiger charge is -2.24. The topological polar surface area (TPSA) is 88.6 Å². The van der Waals surface area contributed by atoms with E-state index in [1.54, 1.807) is 11.9 Å². The smallest absolute Gasteiger partial charge is 0.287 e. The molecule has 1 aromatic rings. The zero-order valence-electron chi connectivity index (χ0n) is 11.5. The fraction of sp³-hybridized carbons (Fsp3) is 0.615. The normalized spacial score (nSPS) is 18.5. The molecule has 0 aliphatic carbocycles. The number of aliphatic hydroxyl groups is 1. The second kappa shape index (κ2) is 6.04. The van der Waals surface area contributed by atoms with Crippen molar-refractivity contribution in [2.45, 2.75) is 31.7 Å². The molecule has 1 aromatic heterocycles. The lowest BCUT2D eigenvalue weighted by molar-refractivity contribution is -0.384. The number of nitro groups is 1. The Hall–Kier alpha value is -1.89. The second-order valence-corrected chi connectivity index (χ2v) is 5.11. The van der Waals surface area contributed by atoms with Gasteiger partial charge in [0.2, 0.25) is 0 Å². The van der Waals surface area contributed by atoms with Crippen LogP contribution in [0.5, 0.6) is 0 Å². The highest BCUT2D eigenvalue weighted by Gasteiger charge is 2.31. The van der Waals surface area contributed by atoms with E-state index in [4.69, 9.17) is 5.11 Å². The summed E-state index contributed by atoms with van der Waals surface area (Å²) in [6.45, 7) is 0.794. The number of aliphatic hydroxyl groups excluding tert-OH is 1. The second-order valence-electron chi connectivity index (χ2n) is 5.11. The quantitative estimate of drug-likeness (QED) is 0.651. The van der Waals surface area contributed by atoms with Crippen molar-refractivity contribution in [3.8, 4) is 0 Å². The van der Waals surface area contributed by atoms with E-state index in [9.17, 15) is 14.9 Å². The van der Waals surface area contributed by atoms with E-state index >= 15 is 0 Å². The minimum absolute atomic E-state index is 0.0676. The molecular weight excluding hydrogens is 262 g/mol. The minimum Gasteiger partial charge on any atom is -0.396 e. The number of aromatic nitrogens is 1. The third-order valence-electron chi connectivity index (χ3n) is 3.75. The molecule has 0 bridgehead atoms. The van der Waals surface area contributed by atoms with Gasteiger partial charge in [0.1, 0.15) is 5.69 Å². The Morgan fingerprint density at radius 1 is 1.60 bits per heavy atom. The Kier molecular flexibility index (Phi) is 4.39. The van der Waals surface area contributed by atoms with Gasteiger partial charge in [-0.25, -0.2) is 0 Å². The molecule has 1 aliphatic heterocycles. The van der Waals surface area contributed by atoms with Gasteiger partial charge in [0.25, 0.3) is 11.6 Å². The van der Waals surface area contributed by atoms with E-state index in [2.05, 4.69) is 0 Å². The van der Waals surface area contributed by atoms with E-state index in [1.165, 1.54) is 16.8 Å². The molecule has 7 nitrogen and oxygen atoms in total. The molecule has 1 fully saturated rings. The van der Waals surface area contributed by atoms with Gasteiger partial charge >= 0.3 is 0 Å². The molecule has 1 amide bonds. The van der Waals surface area contributed by atoms with Gasteiger partial charge in [-0.2, -0.15) is 0 Å². The number of amides is 1. The predicted molar refractivity (Wildman–Crippen MR) is 72.4 cm³/mol. The van der Waals surface area contributed by atoms with Crippen molar-refractivity contribution >= 4 is 11.6 Å². The zero-order chi connectivity index (χ0) is 14.7. The van der Waals surface area contributed by atoms with Gasteiger partial charge in [-0.15, -0.1) is 0 Å². The fourth-order valence-corrected chi connectivity index (χ4v) is 2.74. The maximum Gasteiger partial charge on any atom is 0.287 e. The van der Waals surface area contributed by atoms with Crippen molar-refractivity contribution in [1.29, 1.82) is 0 Å². The first kappa shape index (κ1) is 14.5. The number of aryl methyl sites for hydroxylation is 1. The summed E-state index contributed by atoms with van der Waals surface area (Å²) in [4.78, 5) is 24.5. The molecule has 1 unspecified atom stereocenters. The molecule has 0 radical (unpaired) electrons. The van der Waals surface area contributed by atoms with Crippen molar-refractivity contribution in [1.82, 2.24) is 9.47 Å². The Balaban J connectivity index is 2.15. The molecule has 20 heavy (non-hydrogen) atoms. The fourth-order valence-electron chi connectivity index (χ4n) is 2.74. The minimum atomic E-state index is -0.496. The first-order chi connectivity index (χ1) is 9.54. The van der Waals surface area contributed by atoms with E-state index in [0.717, 1.165) is 19.3 Å². The van der Waals surface area contributed by atoms with Crippen LogP contribution >= 0.6 is 0 Å². The van der Waals surface area contributed by atoms with Gasteiger partial charge < -0.3 is 14.6 Å². The van der Waals surface area contributed by atoms with Gasteiger partial charge in [0.05, 0.1) is 11.1 Å². The Labute approximate surface area is 116 Å². The molecule has 0 spiro atoms. The van der Waals surface area contributed by atoms with Gasteiger partial charge in [-0.05, 0) is 25.7 Å². The summed E-state index contributed by atoms with van der Waals surface area (Å²) in [7, 11) is 1.64. The molecule has 1 atom stereocenters. The van der Waals surface area contributed by atoms with Crippen LogP contribution in [0.1, 0.15) is 36.2 Å². The molecule has 110 valence electrons. The molecular formula is C13H19N3O4. The summed E-state index contributed by atoms with van der Waals surface area (Å²) in [5.41, 5.74) is 0.273. The number of likely N-dealkylation sites (tertiary alicyclic amines) is 1. The van der Waals surface area contributed by atoms with E-state index < -0.39 is 4.92 Å². The van der Waals surface area contributed by atoms with E-state index in [0.29, 0.717) is 18.7 Å². The molecule has 0 aromatic carbocycles.